The van der Waals surface area contributed by atoms with Crippen molar-refractivity contribution in [2.75, 3.05) is 12.9 Å². The summed E-state index contributed by atoms with van der Waals surface area (Å²) in [6.07, 6.45) is 3.63. The van der Waals surface area contributed by atoms with Gasteiger partial charge in [0.1, 0.15) is 5.75 Å². The molecule has 0 aromatic heterocycles. The van der Waals surface area contributed by atoms with Crippen LogP contribution in [0.2, 0.25) is 0 Å². The van der Waals surface area contributed by atoms with Gasteiger partial charge in [-0.1, -0.05) is 30.3 Å². The zero-order chi connectivity index (χ0) is 14.4. The van der Waals surface area contributed by atoms with E-state index in [9.17, 15) is 4.79 Å². The Morgan fingerprint density at radius 2 is 2.00 bits per heavy atom. The zero-order valence-electron chi connectivity index (χ0n) is 11.1. The molecule has 0 saturated carbocycles. The first-order chi connectivity index (χ1) is 9.74. The molecule has 0 bridgehead atoms. The van der Waals surface area contributed by atoms with E-state index < -0.39 is 0 Å². The van der Waals surface area contributed by atoms with Gasteiger partial charge in [-0.15, -0.1) is 11.8 Å². The van der Waals surface area contributed by atoms with Gasteiger partial charge in [0.15, 0.2) is 6.29 Å². The van der Waals surface area contributed by atoms with Gasteiger partial charge in [0, 0.05) is 11.3 Å². The molecule has 104 valence electrons. The van der Waals surface area contributed by atoms with Crippen molar-refractivity contribution in [1.82, 2.24) is 0 Å². The van der Waals surface area contributed by atoms with Crippen molar-refractivity contribution >= 4 is 34.0 Å². The lowest BCUT2D eigenvalue weighted by atomic mass is 10.2. The molecular weight excluding hydrogens is 336 g/mol. The fraction of sp³-hybridized carbons (Fsp3) is 0.188. The zero-order valence-corrected chi connectivity index (χ0v) is 13.5. The van der Waals surface area contributed by atoms with Crippen molar-refractivity contribution < 1.29 is 9.53 Å². The van der Waals surface area contributed by atoms with Crippen LogP contribution >= 0.6 is 27.7 Å². The van der Waals surface area contributed by atoms with Crippen LogP contribution in [0.15, 0.2) is 51.8 Å². The fourth-order valence-corrected chi connectivity index (χ4v) is 3.08. The molecule has 2 aromatic rings. The van der Waals surface area contributed by atoms with Crippen molar-refractivity contribution in [1.29, 1.82) is 0 Å². The summed E-state index contributed by atoms with van der Waals surface area (Å²) < 4.78 is 6.59. The van der Waals surface area contributed by atoms with E-state index in [4.69, 9.17) is 4.74 Å². The van der Waals surface area contributed by atoms with Crippen LogP contribution in [0, 0.1) is 0 Å². The van der Waals surface area contributed by atoms with Crippen LogP contribution in [0.25, 0.3) is 0 Å². The third-order valence-corrected chi connectivity index (χ3v) is 4.18. The predicted octanol–water partition coefficient (Wildman–Crippen LogP) is 4.61. The highest BCUT2D eigenvalue weighted by molar-refractivity contribution is 9.10. The molecule has 4 heteroatoms. The molecule has 0 aliphatic heterocycles. The van der Waals surface area contributed by atoms with Gasteiger partial charge in [0.2, 0.25) is 0 Å². The quantitative estimate of drug-likeness (QED) is 0.562. The fourth-order valence-electron chi connectivity index (χ4n) is 1.86. The Morgan fingerprint density at radius 3 is 2.65 bits per heavy atom. The van der Waals surface area contributed by atoms with E-state index in [1.165, 1.54) is 5.56 Å². The molecule has 0 radical (unpaired) electrons. The standard InChI is InChI=1S/C16H15BrO2S/c1-20-14-9-13(11-18)16(15(17)10-14)19-8-7-12-5-3-2-4-6-12/h2-6,9-11H,7-8H2,1H3. The third-order valence-electron chi connectivity index (χ3n) is 2.89. The molecule has 2 nitrogen and oxygen atoms in total. The molecule has 0 N–H and O–H groups in total. The molecule has 0 amide bonds. The highest BCUT2D eigenvalue weighted by Gasteiger charge is 2.10. The van der Waals surface area contributed by atoms with Gasteiger partial charge in [-0.3, -0.25) is 4.79 Å². The summed E-state index contributed by atoms with van der Waals surface area (Å²) in [4.78, 5) is 12.2. The second-order valence-electron chi connectivity index (χ2n) is 4.23. The van der Waals surface area contributed by atoms with Gasteiger partial charge >= 0.3 is 0 Å². The van der Waals surface area contributed by atoms with E-state index >= 15 is 0 Å². The van der Waals surface area contributed by atoms with Crippen LogP contribution in [0.3, 0.4) is 0 Å². The van der Waals surface area contributed by atoms with Gasteiger partial charge < -0.3 is 4.74 Å². The third kappa shape index (κ3) is 3.87. The van der Waals surface area contributed by atoms with Crippen molar-refractivity contribution in [3.8, 4) is 5.75 Å². The maximum atomic E-state index is 11.2. The Labute approximate surface area is 131 Å². The molecule has 2 aromatic carbocycles. The Hall–Kier alpha value is -1.26. The Morgan fingerprint density at radius 1 is 1.25 bits per heavy atom. The maximum absolute atomic E-state index is 11.2. The number of halogens is 1. The lowest BCUT2D eigenvalue weighted by Gasteiger charge is -2.12. The minimum absolute atomic E-state index is 0.544. The Bertz CT molecular complexity index is 585. The number of carbonyl (C=O) groups excluding carboxylic acids is 1. The summed E-state index contributed by atoms with van der Waals surface area (Å²) >= 11 is 5.07. The van der Waals surface area contributed by atoms with Crippen LogP contribution in [0.1, 0.15) is 15.9 Å². The number of rotatable bonds is 6. The minimum Gasteiger partial charge on any atom is -0.491 e. The van der Waals surface area contributed by atoms with Gasteiger partial charge in [0.25, 0.3) is 0 Å². The highest BCUT2D eigenvalue weighted by Crippen LogP contribution is 2.33. The largest absolute Gasteiger partial charge is 0.491 e. The van der Waals surface area contributed by atoms with Crippen LogP contribution in [-0.4, -0.2) is 19.1 Å². The molecule has 0 saturated heterocycles. The lowest BCUT2D eigenvalue weighted by molar-refractivity contribution is 0.111. The summed E-state index contributed by atoms with van der Waals surface area (Å²) in [5.74, 6) is 0.619. The smallest absolute Gasteiger partial charge is 0.153 e. The Balaban J connectivity index is 2.07. The normalized spacial score (nSPS) is 10.3. The number of thioether (sulfide) groups is 1. The summed E-state index contributed by atoms with van der Waals surface area (Å²) in [5, 5.41) is 0. The van der Waals surface area contributed by atoms with Crippen molar-refractivity contribution in [3.05, 3.63) is 58.1 Å². The molecule has 0 unspecified atom stereocenters. The molecule has 0 atom stereocenters. The average Bonchev–Trinajstić information content (AvgIpc) is 2.49. The second kappa shape index (κ2) is 7.50. The van der Waals surface area contributed by atoms with Crippen LogP contribution in [0.4, 0.5) is 0 Å². The van der Waals surface area contributed by atoms with Gasteiger partial charge in [0.05, 0.1) is 16.6 Å². The average molecular weight is 351 g/mol. The summed E-state index contributed by atoms with van der Waals surface area (Å²) in [5.41, 5.74) is 1.80. The molecule has 2 rings (SSSR count). The second-order valence-corrected chi connectivity index (χ2v) is 5.96. The molecule has 20 heavy (non-hydrogen) atoms. The summed E-state index contributed by atoms with van der Waals surface area (Å²) in [6.45, 7) is 0.544. The van der Waals surface area contributed by atoms with Crippen molar-refractivity contribution in [3.63, 3.8) is 0 Å². The van der Waals surface area contributed by atoms with E-state index in [2.05, 4.69) is 28.1 Å². The van der Waals surface area contributed by atoms with Crippen molar-refractivity contribution in [2.24, 2.45) is 0 Å². The highest BCUT2D eigenvalue weighted by atomic mass is 79.9. The van der Waals surface area contributed by atoms with Gasteiger partial charge in [-0.05, 0) is 39.9 Å². The number of carbonyl (C=O) groups is 1. The number of hydrogen-bond acceptors (Lipinski definition) is 3. The van der Waals surface area contributed by atoms with E-state index in [-0.39, 0.29) is 0 Å². The first-order valence-corrected chi connectivity index (χ1v) is 8.26. The predicted molar refractivity (Wildman–Crippen MR) is 87.0 cm³/mol. The first kappa shape index (κ1) is 15.1. The minimum atomic E-state index is 0.544. The van der Waals surface area contributed by atoms with Crippen molar-refractivity contribution in [2.45, 2.75) is 11.3 Å². The number of benzene rings is 2. The van der Waals surface area contributed by atoms with E-state index in [1.54, 1.807) is 11.8 Å². The van der Waals surface area contributed by atoms with Crippen LogP contribution < -0.4 is 4.74 Å². The SMILES string of the molecule is CSc1cc(Br)c(OCCc2ccccc2)c(C=O)c1. The first-order valence-electron chi connectivity index (χ1n) is 6.24. The van der Waals surface area contributed by atoms with Gasteiger partial charge in [-0.2, -0.15) is 0 Å². The lowest BCUT2D eigenvalue weighted by Crippen LogP contribution is -2.04. The van der Waals surface area contributed by atoms with Gasteiger partial charge in [-0.25, -0.2) is 0 Å². The summed E-state index contributed by atoms with van der Waals surface area (Å²) in [6, 6.07) is 14.0. The molecule has 0 spiro atoms. The number of ether oxygens (including phenoxy) is 1. The van der Waals surface area contributed by atoms with E-state index in [1.807, 2.05) is 36.6 Å². The molecular formula is C16H15BrO2S. The van der Waals surface area contributed by atoms with Crippen LogP contribution in [-0.2, 0) is 6.42 Å². The number of hydrogen-bond donors (Lipinski definition) is 0. The van der Waals surface area contributed by atoms with E-state index in [0.29, 0.717) is 17.9 Å². The molecule has 0 fully saturated rings. The summed E-state index contributed by atoms with van der Waals surface area (Å²) in [7, 11) is 0. The molecule has 0 aliphatic rings. The van der Waals surface area contributed by atoms with Crippen LogP contribution in [0.5, 0.6) is 5.75 Å². The number of aldehydes is 1. The Kier molecular flexibility index (Phi) is 5.68. The molecule has 0 aliphatic carbocycles. The monoisotopic (exact) mass is 350 g/mol. The molecule has 0 heterocycles. The van der Waals surface area contributed by atoms with E-state index in [0.717, 1.165) is 22.1 Å². The maximum Gasteiger partial charge on any atom is 0.153 e. The topological polar surface area (TPSA) is 26.3 Å².